The van der Waals surface area contributed by atoms with E-state index in [1.54, 1.807) is 7.11 Å². The Morgan fingerprint density at radius 3 is 2.83 bits per heavy atom. The van der Waals surface area contributed by atoms with Crippen molar-refractivity contribution in [2.24, 2.45) is 0 Å². The van der Waals surface area contributed by atoms with Gasteiger partial charge in [0, 0.05) is 13.7 Å². The smallest absolute Gasteiger partial charge is 0.0840 e. The lowest BCUT2D eigenvalue weighted by Crippen LogP contribution is -2.17. The minimum Gasteiger partial charge on any atom is -0.382 e. The predicted octanol–water partition coefficient (Wildman–Crippen LogP) is 0.153. The first-order valence-electron chi connectivity index (χ1n) is 4.06. The second kappa shape index (κ2) is 10.4. The average Bonchev–Trinajstić information content (AvgIpc) is 2.10. The van der Waals surface area contributed by atoms with Gasteiger partial charge in [0.2, 0.25) is 0 Å². The highest BCUT2D eigenvalue weighted by molar-refractivity contribution is 4.72. The summed E-state index contributed by atoms with van der Waals surface area (Å²) < 4.78 is 10.0. The number of nitriles is 1. The summed E-state index contributed by atoms with van der Waals surface area (Å²) in [6, 6.07) is 2.01. The zero-order chi connectivity index (χ0) is 9.07. The zero-order valence-electron chi connectivity index (χ0n) is 7.51. The lowest BCUT2D eigenvalue weighted by atomic mass is 10.4. The van der Waals surface area contributed by atoms with Crippen LogP contribution in [0.2, 0.25) is 0 Å². The van der Waals surface area contributed by atoms with E-state index in [0.717, 1.165) is 19.6 Å². The molecule has 0 spiro atoms. The van der Waals surface area contributed by atoms with Crippen molar-refractivity contribution in [2.75, 3.05) is 40.0 Å². The summed E-state index contributed by atoms with van der Waals surface area (Å²) in [6.07, 6.45) is 0.936. The van der Waals surface area contributed by atoms with Gasteiger partial charge < -0.3 is 14.8 Å². The van der Waals surface area contributed by atoms with Crippen molar-refractivity contribution >= 4 is 0 Å². The van der Waals surface area contributed by atoms with E-state index >= 15 is 0 Å². The first-order valence-corrected chi connectivity index (χ1v) is 4.06. The highest BCUT2D eigenvalue weighted by atomic mass is 16.5. The maximum absolute atomic E-state index is 8.18. The van der Waals surface area contributed by atoms with Crippen LogP contribution in [0.4, 0.5) is 0 Å². The van der Waals surface area contributed by atoms with Gasteiger partial charge in [-0.15, -0.1) is 0 Å². The Labute approximate surface area is 73.5 Å². The van der Waals surface area contributed by atoms with Crippen LogP contribution in [0.25, 0.3) is 0 Å². The predicted molar refractivity (Wildman–Crippen MR) is 45.8 cm³/mol. The Balaban J connectivity index is 2.78. The molecule has 0 aliphatic rings. The molecule has 0 aromatic rings. The van der Waals surface area contributed by atoms with Gasteiger partial charge in [-0.2, -0.15) is 5.26 Å². The molecule has 0 fully saturated rings. The fourth-order valence-corrected chi connectivity index (χ4v) is 0.688. The molecule has 12 heavy (non-hydrogen) atoms. The Morgan fingerprint density at radius 2 is 2.17 bits per heavy atom. The number of methoxy groups -OCH3 is 1. The van der Waals surface area contributed by atoms with Crippen LogP contribution in [0.3, 0.4) is 0 Å². The Hall–Kier alpha value is -0.630. The van der Waals surface area contributed by atoms with Crippen molar-refractivity contribution in [3.63, 3.8) is 0 Å². The molecule has 0 aliphatic carbocycles. The van der Waals surface area contributed by atoms with E-state index in [1.807, 2.05) is 6.07 Å². The number of ether oxygens (including phenoxy) is 2. The molecule has 0 unspecified atom stereocenters. The van der Waals surface area contributed by atoms with E-state index in [9.17, 15) is 0 Å². The molecule has 1 N–H and O–H groups in total. The Kier molecular flexibility index (Phi) is 9.83. The average molecular weight is 172 g/mol. The van der Waals surface area contributed by atoms with Crippen LogP contribution < -0.4 is 5.32 Å². The van der Waals surface area contributed by atoms with Gasteiger partial charge in [0.25, 0.3) is 0 Å². The monoisotopic (exact) mass is 172 g/mol. The molecule has 4 nitrogen and oxygen atoms in total. The maximum Gasteiger partial charge on any atom is 0.0840 e. The number of hydrogen-bond acceptors (Lipinski definition) is 4. The maximum atomic E-state index is 8.18. The molecule has 0 amide bonds. The van der Waals surface area contributed by atoms with E-state index in [0.29, 0.717) is 19.8 Å². The van der Waals surface area contributed by atoms with Crippen LogP contribution in [0, 0.1) is 11.3 Å². The molecule has 70 valence electrons. The second-order valence-corrected chi connectivity index (χ2v) is 2.29. The van der Waals surface area contributed by atoms with Crippen LogP contribution in [-0.4, -0.2) is 40.0 Å². The highest BCUT2D eigenvalue weighted by Gasteiger charge is 1.88. The molecule has 0 aromatic heterocycles. The molecule has 0 rings (SSSR count). The first kappa shape index (κ1) is 11.4. The van der Waals surface area contributed by atoms with Crippen LogP contribution in [-0.2, 0) is 9.47 Å². The third-order valence-electron chi connectivity index (χ3n) is 1.28. The summed E-state index contributed by atoms with van der Waals surface area (Å²) in [6.45, 7) is 3.26. The summed E-state index contributed by atoms with van der Waals surface area (Å²) in [5.41, 5.74) is 0. The fourth-order valence-electron chi connectivity index (χ4n) is 0.688. The highest BCUT2D eigenvalue weighted by Crippen LogP contribution is 1.80. The van der Waals surface area contributed by atoms with Crippen LogP contribution in [0.1, 0.15) is 6.42 Å². The Morgan fingerprint density at radius 1 is 1.33 bits per heavy atom. The van der Waals surface area contributed by atoms with Gasteiger partial charge in [-0.1, -0.05) is 0 Å². The number of rotatable bonds is 8. The number of nitrogens with zero attached hydrogens (tertiary/aromatic N) is 1. The van der Waals surface area contributed by atoms with Crippen molar-refractivity contribution in [3.8, 4) is 6.07 Å². The van der Waals surface area contributed by atoms with Crippen LogP contribution in [0.5, 0.6) is 0 Å². The van der Waals surface area contributed by atoms with Gasteiger partial charge in [0.1, 0.15) is 0 Å². The molecule has 0 atom stereocenters. The van der Waals surface area contributed by atoms with E-state index in [1.165, 1.54) is 0 Å². The van der Waals surface area contributed by atoms with Crippen molar-refractivity contribution in [1.82, 2.24) is 5.32 Å². The summed E-state index contributed by atoms with van der Waals surface area (Å²) in [4.78, 5) is 0. The minimum atomic E-state index is 0.415. The summed E-state index contributed by atoms with van der Waals surface area (Å²) in [7, 11) is 1.65. The molecular formula is C8H16N2O2. The van der Waals surface area contributed by atoms with Crippen molar-refractivity contribution in [2.45, 2.75) is 6.42 Å². The largest absolute Gasteiger partial charge is 0.382 e. The van der Waals surface area contributed by atoms with Gasteiger partial charge in [0.15, 0.2) is 0 Å². The van der Waals surface area contributed by atoms with Crippen LogP contribution >= 0.6 is 0 Å². The lowest BCUT2D eigenvalue weighted by molar-refractivity contribution is 0.0696. The first-order chi connectivity index (χ1) is 5.91. The quantitative estimate of drug-likeness (QED) is 0.418. The topological polar surface area (TPSA) is 54.3 Å². The summed E-state index contributed by atoms with van der Waals surface area (Å²) in [5.74, 6) is 0. The fraction of sp³-hybridized carbons (Fsp3) is 0.875. The van der Waals surface area contributed by atoms with Crippen molar-refractivity contribution in [3.05, 3.63) is 0 Å². The van der Waals surface area contributed by atoms with Crippen molar-refractivity contribution in [1.29, 1.82) is 5.26 Å². The minimum absolute atomic E-state index is 0.415. The third kappa shape index (κ3) is 9.37. The second-order valence-electron chi connectivity index (χ2n) is 2.29. The molecule has 0 bridgehead atoms. The van der Waals surface area contributed by atoms with Gasteiger partial charge in [0.05, 0.1) is 25.8 Å². The van der Waals surface area contributed by atoms with E-state index in [-0.39, 0.29) is 0 Å². The summed E-state index contributed by atoms with van der Waals surface area (Å²) >= 11 is 0. The molecule has 0 radical (unpaired) electrons. The normalized spacial score (nSPS) is 9.67. The number of hydrogen-bond donors (Lipinski definition) is 1. The van der Waals surface area contributed by atoms with Gasteiger partial charge in [-0.3, -0.25) is 0 Å². The van der Waals surface area contributed by atoms with Crippen LogP contribution in [0.15, 0.2) is 0 Å². The lowest BCUT2D eigenvalue weighted by Gasteiger charge is -2.02. The number of nitrogens with one attached hydrogen (secondary N) is 1. The van der Waals surface area contributed by atoms with Crippen molar-refractivity contribution < 1.29 is 9.47 Å². The zero-order valence-corrected chi connectivity index (χ0v) is 7.51. The van der Waals surface area contributed by atoms with Gasteiger partial charge in [-0.05, 0) is 13.0 Å². The molecule has 0 heterocycles. The SMILES string of the molecule is COCCOCCCNCC#N. The third-order valence-corrected chi connectivity index (χ3v) is 1.28. The summed E-state index contributed by atoms with van der Waals surface area (Å²) in [5, 5.41) is 11.1. The standard InChI is InChI=1S/C8H16N2O2/c1-11-7-8-12-6-2-4-10-5-3-9/h10H,2,4-8H2,1H3. The van der Waals surface area contributed by atoms with E-state index < -0.39 is 0 Å². The van der Waals surface area contributed by atoms with Gasteiger partial charge in [-0.25, -0.2) is 0 Å². The van der Waals surface area contributed by atoms with E-state index in [4.69, 9.17) is 14.7 Å². The van der Waals surface area contributed by atoms with Gasteiger partial charge >= 0.3 is 0 Å². The molecule has 0 aromatic carbocycles. The molecule has 4 heteroatoms. The Bertz CT molecular complexity index is 123. The molecule has 0 saturated carbocycles. The molecule has 0 saturated heterocycles. The molecule has 0 aliphatic heterocycles. The van der Waals surface area contributed by atoms with E-state index in [2.05, 4.69) is 5.32 Å². The molecular weight excluding hydrogens is 156 g/mol.